The summed E-state index contributed by atoms with van der Waals surface area (Å²) in [6, 6.07) is 12.0. The van der Waals surface area contributed by atoms with Gasteiger partial charge in [-0.25, -0.2) is 0 Å². The first-order valence-corrected chi connectivity index (χ1v) is 6.55. The number of rotatable bonds is 4. The second kappa shape index (κ2) is 6.04. The summed E-state index contributed by atoms with van der Waals surface area (Å²) in [5, 5.41) is 10.7. The molecule has 0 spiro atoms. The number of nitro benzene ring substituents is 1. The van der Waals surface area contributed by atoms with Crippen LogP contribution in [-0.4, -0.2) is 4.92 Å². The number of nitro groups is 1. The summed E-state index contributed by atoms with van der Waals surface area (Å²) >= 11 is 9.23. The third-order valence-electron chi connectivity index (χ3n) is 2.47. The lowest BCUT2D eigenvalue weighted by molar-refractivity contribution is -0.384. The van der Waals surface area contributed by atoms with Crippen molar-refractivity contribution in [3.05, 3.63) is 67.6 Å². The summed E-state index contributed by atoms with van der Waals surface area (Å²) in [5.74, 6) is 0.492. The van der Waals surface area contributed by atoms with Crippen molar-refractivity contribution in [1.29, 1.82) is 0 Å². The van der Waals surface area contributed by atoms with Gasteiger partial charge in [0.2, 0.25) is 0 Å². The first-order valence-electron chi connectivity index (χ1n) is 5.38. The molecule has 0 heterocycles. The van der Waals surface area contributed by atoms with Gasteiger partial charge >= 0.3 is 0 Å². The van der Waals surface area contributed by atoms with E-state index in [4.69, 9.17) is 16.3 Å². The van der Waals surface area contributed by atoms with Crippen LogP contribution in [0.15, 0.2) is 46.9 Å². The van der Waals surface area contributed by atoms with Crippen molar-refractivity contribution >= 4 is 33.2 Å². The summed E-state index contributed by atoms with van der Waals surface area (Å²) < 4.78 is 6.50. The highest BCUT2D eigenvalue weighted by Crippen LogP contribution is 2.29. The molecule has 0 atom stereocenters. The van der Waals surface area contributed by atoms with Gasteiger partial charge in [-0.2, -0.15) is 0 Å². The van der Waals surface area contributed by atoms with E-state index in [1.54, 1.807) is 0 Å². The van der Waals surface area contributed by atoms with Crippen LogP contribution in [0, 0.1) is 10.1 Å². The Labute approximate surface area is 123 Å². The molecule has 0 N–H and O–H groups in total. The molecule has 0 bridgehead atoms. The molecule has 2 rings (SSSR count). The van der Waals surface area contributed by atoms with Crippen molar-refractivity contribution in [1.82, 2.24) is 0 Å². The van der Waals surface area contributed by atoms with Crippen LogP contribution in [0.1, 0.15) is 5.56 Å². The molecule has 0 saturated heterocycles. The Morgan fingerprint density at radius 1 is 1.26 bits per heavy atom. The normalized spacial score (nSPS) is 10.2. The lowest BCUT2D eigenvalue weighted by atomic mass is 10.2. The number of nitrogens with zero attached hydrogens (tertiary/aromatic N) is 1. The zero-order chi connectivity index (χ0) is 13.8. The second-order valence-electron chi connectivity index (χ2n) is 3.75. The minimum atomic E-state index is -0.528. The van der Waals surface area contributed by atoms with E-state index in [0.29, 0.717) is 12.4 Å². The molecule has 0 aliphatic heterocycles. The molecule has 4 nitrogen and oxygen atoms in total. The number of hydrogen-bond donors (Lipinski definition) is 0. The van der Waals surface area contributed by atoms with Crippen LogP contribution < -0.4 is 4.74 Å². The predicted molar refractivity (Wildman–Crippen MR) is 76.6 cm³/mol. The Balaban J connectivity index is 2.11. The fourth-order valence-corrected chi connectivity index (χ4v) is 2.14. The fourth-order valence-electron chi connectivity index (χ4n) is 1.50. The predicted octanol–water partition coefficient (Wildman–Crippen LogP) is 4.59. The number of halogens is 2. The number of benzene rings is 2. The van der Waals surface area contributed by atoms with Gasteiger partial charge in [0.1, 0.15) is 17.4 Å². The monoisotopic (exact) mass is 341 g/mol. The summed E-state index contributed by atoms with van der Waals surface area (Å²) in [4.78, 5) is 10.1. The molecule has 2 aromatic rings. The van der Waals surface area contributed by atoms with Gasteiger partial charge in [-0.1, -0.05) is 45.7 Å². The van der Waals surface area contributed by atoms with Gasteiger partial charge in [0, 0.05) is 22.2 Å². The Bertz CT molecular complexity index is 619. The minimum absolute atomic E-state index is 0.0645. The molecule has 0 saturated carbocycles. The zero-order valence-electron chi connectivity index (χ0n) is 9.68. The summed E-state index contributed by atoms with van der Waals surface area (Å²) in [5.41, 5.74) is 0.854. The van der Waals surface area contributed by atoms with Crippen molar-refractivity contribution in [3.8, 4) is 5.75 Å². The summed E-state index contributed by atoms with van der Waals surface area (Å²) in [7, 11) is 0. The van der Waals surface area contributed by atoms with Gasteiger partial charge in [-0.15, -0.1) is 0 Å². The van der Waals surface area contributed by atoms with Crippen LogP contribution in [0.4, 0.5) is 5.69 Å². The van der Waals surface area contributed by atoms with Crippen LogP contribution in [0.5, 0.6) is 5.75 Å². The highest BCUT2D eigenvalue weighted by atomic mass is 79.9. The van der Waals surface area contributed by atoms with Crippen molar-refractivity contribution in [3.63, 3.8) is 0 Å². The molecule has 0 radical (unpaired) electrons. The van der Waals surface area contributed by atoms with E-state index in [-0.39, 0.29) is 10.7 Å². The van der Waals surface area contributed by atoms with Crippen LogP contribution >= 0.6 is 27.5 Å². The standard InChI is InChI=1S/C13H9BrClNO3/c14-11-4-2-1-3-9(11)8-19-10-5-6-13(16(17)18)12(15)7-10/h1-7H,8H2. The van der Waals surface area contributed by atoms with Crippen molar-refractivity contribution in [2.75, 3.05) is 0 Å². The quantitative estimate of drug-likeness (QED) is 0.603. The van der Waals surface area contributed by atoms with Gasteiger partial charge in [0.25, 0.3) is 5.69 Å². The van der Waals surface area contributed by atoms with E-state index in [1.807, 2.05) is 24.3 Å². The van der Waals surface area contributed by atoms with E-state index in [9.17, 15) is 10.1 Å². The first kappa shape index (κ1) is 13.8. The minimum Gasteiger partial charge on any atom is -0.489 e. The Kier molecular flexibility index (Phi) is 4.39. The van der Waals surface area contributed by atoms with Crippen LogP contribution in [0.25, 0.3) is 0 Å². The average Bonchev–Trinajstić information content (AvgIpc) is 2.37. The Hall–Kier alpha value is -1.59. The van der Waals surface area contributed by atoms with E-state index >= 15 is 0 Å². The third-order valence-corrected chi connectivity index (χ3v) is 3.54. The van der Waals surface area contributed by atoms with Crippen LogP contribution in [0.3, 0.4) is 0 Å². The second-order valence-corrected chi connectivity index (χ2v) is 5.01. The first-order chi connectivity index (χ1) is 9.08. The molecular formula is C13H9BrClNO3. The maximum atomic E-state index is 10.6. The third kappa shape index (κ3) is 3.45. The van der Waals surface area contributed by atoms with Crippen molar-refractivity contribution < 1.29 is 9.66 Å². The molecule has 6 heteroatoms. The largest absolute Gasteiger partial charge is 0.489 e. The molecule has 98 valence electrons. The SMILES string of the molecule is O=[N+]([O-])c1ccc(OCc2ccccc2Br)cc1Cl. The average molecular weight is 343 g/mol. The lowest BCUT2D eigenvalue weighted by Gasteiger charge is -2.08. The lowest BCUT2D eigenvalue weighted by Crippen LogP contribution is -1.97. The molecule has 0 aliphatic rings. The summed E-state index contributed by atoms with van der Waals surface area (Å²) in [6.07, 6.45) is 0. The van der Waals surface area contributed by atoms with Crippen LogP contribution in [0.2, 0.25) is 5.02 Å². The van der Waals surface area contributed by atoms with E-state index in [0.717, 1.165) is 10.0 Å². The molecule has 0 unspecified atom stereocenters. The Morgan fingerprint density at radius 2 is 2.00 bits per heavy atom. The van der Waals surface area contributed by atoms with Gasteiger partial charge < -0.3 is 4.74 Å². The molecule has 0 aliphatic carbocycles. The maximum Gasteiger partial charge on any atom is 0.288 e. The molecule has 0 fully saturated rings. The van der Waals surface area contributed by atoms with Crippen LogP contribution in [-0.2, 0) is 6.61 Å². The molecule has 0 aromatic heterocycles. The summed E-state index contributed by atoms with van der Waals surface area (Å²) in [6.45, 7) is 0.357. The van der Waals surface area contributed by atoms with Gasteiger partial charge in [0.05, 0.1) is 4.92 Å². The molecule has 2 aromatic carbocycles. The Morgan fingerprint density at radius 3 is 2.63 bits per heavy atom. The van der Waals surface area contributed by atoms with Gasteiger partial charge in [0.15, 0.2) is 0 Å². The highest BCUT2D eigenvalue weighted by molar-refractivity contribution is 9.10. The van der Waals surface area contributed by atoms with Gasteiger partial charge in [-0.3, -0.25) is 10.1 Å². The zero-order valence-corrected chi connectivity index (χ0v) is 12.0. The topological polar surface area (TPSA) is 52.4 Å². The molecule has 0 amide bonds. The molecule has 19 heavy (non-hydrogen) atoms. The maximum absolute atomic E-state index is 10.6. The number of ether oxygens (including phenoxy) is 1. The van der Waals surface area contributed by atoms with Crippen molar-refractivity contribution in [2.24, 2.45) is 0 Å². The molecular weight excluding hydrogens is 334 g/mol. The smallest absolute Gasteiger partial charge is 0.288 e. The van der Waals surface area contributed by atoms with Gasteiger partial charge in [-0.05, 0) is 12.1 Å². The van der Waals surface area contributed by atoms with E-state index < -0.39 is 4.92 Å². The highest BCUT2D eigenvalue weighted by Gasteiger charge is 2.12. The number of hydrogen-bond acceptors (Lipinski definition) is 3. The van der Waals surface area contributed by atoms with E-state index in [2.05, 4.69) is 15.9 Å². The van der Waals surface area contributed by atoms with Crippen molar-refractivity contribution in [2.45, 2.75) is 6.61 Å². The fraction of sp³-hybridized carbons (Fsp3) is 0.0769. The van der Waals surface area contributed by atoms with E-state index in [1.165, 1.54) is 18.2 Å².